The molecule has 0 saturated carbocycles. The summed E-state index contributed by atoms with van der Waals surface area (Å²) in [6.45, 7) is 0.837. The lowest BCUT2D eigenvalue weighted by atomic mass is 10.2. The van der Waals surface area contributed by atoms with Gasteiger partial charge in [0.15, 0.2) is 0 Å². The maximum atomic E-state index is 12.5. The molecule has 7 nitrogen and oxygen atoms in total. The molecule has 24 heavy (non-hydrogen) atoms. The van der Waals surface area contributed by atoms with Crippen LogP contribution in [0.4, 0.5) is 0 Å². The van der Waals surface area contributed by atoms with Crippen LogP contribution < -0.4 is 0 Å². The van der Waals surface area contributed by atoms with E-state index in [4.69, 9.17) is 0 Å². The number of β-amino-alcohol motifs (C(OH)–C–C–N with tert-alkyl or cyclic N) is 1. The van der Waals surface area contributed by atoms with Crippen molar-refractivity contribution < 1.29 is 14.7 Å². The molecule has 2 amide bonds. The van der Waals surface area contributed by atoms with Crippen LogP contribution in [0.1, 0.15) is 5.56 Å². The zero-order valence-corrected chi connectivity index (χ0v) is 13.3. The van der Waals surface area contributed by atoms with E-state index in [1.807, 2.05) is 30.3 Å². The number of hydrogen-bond donors (Lipinski definition) is 1. The Hall–Kier alpha value is -2.67. The standard InChI is InChI=1S/C17H20N4O3/c22-15-10-19(9-14-5-2-1-3-6-14)16(23)12-20(11-15)17(24)13-21-8-4-7-18-21/h1-8,15,22H,9-13H2. The van der Waals surface area contributed by atoms with Crippen LogP contribution in [0, 0.1) is 0 Å². The first kappa shape index (κ1) is 16.2. The van der Waals surface area contributed by atoms with Crippen molar-refractivity contribution in [1.82, 2.24) is 19.6 Å². The predicted octanol–water partition coefficient (Wildman–Crippen LogP) is 0.115. The molecule has 126 valence electrons. The van der Waals surface area contributed by atoms with Crippen molar-refractivity contribution >= 4 is 11.8 Å². The SMILES string of the molecule is O=C(Cn1cccn1)N1CC(=O)N(Cc2ccccc2)CC(O)C1. The van der Waals surface area contributed by atoms with Gasteiger partial charge in [-0.3, -0.25) is 14.3 Å². The highest BCUT2D eigenvalue weighted by Crippen LogP contribution is 2.11. The molecular formula is C17H20N4O3. The molecule has 7 heteroatoms. The van der Waals surface area contributed by atoms with Crippen LogP contribution in [0.25, 0.3) is 0 Å². The Morgan fingerprint density at radius 1 is 1.21 bits per heavy atom. The number of hydrogen-bond acceptors (Lipinski definition) is 4. The summed E-state index contributed by atoms with van der Waals surface area (Å²) < 4.78 is 1.51. The molecule has 0 radical (unpaired) electrons. The van der Waals surface area contributed by atoms with Gasteiger partial charge in [-0.05, 0) is 11.6 Å². The largest absolute Gasteiger partial charge is 0.389 e. The number of carbonyl (C=O) groups is 2. The molecule has 2 heterocycles. The van der Waals surface area contributed by atoms with Gasteiger partial charge in [0.1, 0.15) is 6.54 Å². The van der Waals surface area contributed by atoms with Gasteiger partial charge in [-0.15, -0.1) is 0 Å². The monoisotopic (exact) mass is 328 g/mol. The summed E-state index contributed by atoms with van der Waals surface area (Å²) >= 11 is 0. The van der Waals surface area contributed by atoms with Gasteiger partial charge in [0.25, 0.3) is 0 Å². The van der Waals surface area contributed by atoms with Gasteiger partial charge in [-0.25, -0.2) is 0 Å². The van der Waals surface area contributed by atoms with Crippen LogP contribution in [0.5, 0.6) is 0 Å². The Morgan fingerprint density at radius 2 is 2.00 bits per heavy atom. The Bertz CT molecular complexity index is 687. The Morgan fingerprint density at radius 3 is 2.71 bits per heavy atom. The molecule has 0 aliphatic carbocycles. The molecule has 3 rings (SSSR count). The quantitative estimate of drug-likeness (QED) is 0.864. The highest BCUT2D eigenvalue weighted by molar-refractivity contribution is 5.85. The van der Waals surface area contributed by atoms with Crippen LogP contribution in [0.15, 0.2) is 48.8 Å². The molecule has 0 bridgehead atoms. The van der Waals surface area contributed by atoms with Crippen molar-refractivity contribution in [2.75, 3.05) is 19.6 Å². The topological polar surface area (TPSA) is 78.7 Å². The van der Waals surface area contributed by atoms with E-state index in [2.05, 4.69) is 5.10 Å². The summed E-state index contributed by atoms with van der Waals surface area (Å²) in [6.07, 6.45) is 2.52. The number of rotatable bonds is 4. The maximum absolute atomic E-state index is 12.5. The Labute approximate surface area is 140 Å². The fraction of sp³-hybridized carbons (Fsp3) is 0.353. The maximum Gasteiger partial charge on any atom is 0.244 e. The van der Waals surface area contributed by atoms with Crippen molar-refractivity contribution in [3.05, 3.63) is 54.4 Å². The minimum Gasteiger partial charge on any atom is -0.389 e. The summed E-state index contributed by atoms with van der Waals surface area (Å²) in [5, 5.41) is 14.2. The van der Waals surface area contributed by atoms with Gasteiger partial charge < -0.3 is 14.9 Å². The summed E-state index contributed by atoms with van der Waals surface area (Å²) in [5.41, 5.74) is 0.995. The second-order valence-electron chi connectivity index (χ2n) is 5.89. The van der Waals surface area contributed by atoms with E-state index in [1.165, 1.54) is 9.58 Å². The number of nitrogens with zero attached hydrogens (tertiary/aromatic N) is 4. The molecule has 1 N–H and O–H groups in total. The number of aliphatic hydroxyl groups excluding tert-OH is 1. The number of aromatic nitrogens is 2. The van der Waals surface area contributed by atoms with E-state index < -0.39 is 6.10 Å². The average molecular weight is 328 g/mol. The van der Waals surface area contributed by atoms with Crippen molar-refractivity contribution in [3.63, 3.8) is 0 Å². The van der Waals surface area contributed by atoms with Crippen LogP contribution in [0.2, 0.25) is 0 Å². The van der Waals surface area contributed by atoms with Gasteiger partial charge in [0.2, 0.25) is 11.8 Å². The smallest absolute Gasteiger partial charge is 0.244 e. The Kier molecular flexibility index (Phi) is 4.90. The average Bonchev–Trinajstić information content (AvgIpc) is 3.02. The molecule has 1 fully saturated rings. The molecule has 1 aliphatic heterocycles. The minimum absolute atomic E-state index is 0.0238. The molecule has 1 unspecified atom stereocenters. The first-order valence-corrected chi connectivity index (χ1v) is 7.87. The molecule has 1 aromatic carbocycles. The predicted molar refractivity (Wildman–Crippen MR) is 86.7 cm³/mol. The summed E-state index contributed by atoms with van der Waals surface area (Å²) in [4.78, 5) is 27.8. The number of carbonyl (C=O) groups excluding carboxylic acids is 2. The van der Waals surface area contributed by atoms with Crippen molar-refractivity contribution in [2.24, 2.45) is 0 Å². The summed E-state index contributed by atoms with van der Waals surface area (Å²) in [7, 11) is 0. The first-order chi connectivity index (χ1) is 11.6. The number of amides is 2. The third-order valence-electron chi connectivity index (χ3n) is 3.97. The fourth-order valence-corrected chi connectivity index (χ4v) is 2.78. The van der Waals surface area contributed by atoms with E-state index in [0.29, 0.717) is 6.54 Å². The van der Waals surface area contributed by atoms with Gasteiger partial charge >= 0.3 is 0 Å². The minimum atomic E-state index is -0.762. The lowest BCUT2D eigenvalue weighted by Gasteiger charge is -2.22. The van der Waals surface area contributed by atoms with Crippen LogP contribution >= 0.6 is 0 Å². The molecular weight excluding hydrogens is 308 g/mol. The zero-order valence-electron chi connectivity index (χ0n) is 13.3. The molecule has 0 spiro atoms. The molecule has 1 atom stereocenters. The van der Waals surface area contributed by atoms with Crippen molar-refractivity contribution in [2.45, 2.75) is 19.2 Å². The Balaban J connectivity index is 1.66. The van der Waals surface area contributed by atoms with Crippen LogP contribution in [-0.2, 0) is 22.7 Å². The van der Waals surface area contributed by atoms with E-state index in [1.54, 1.807) is 23.4 Å². The van der Waals surface area contributed by atoms with Crippen LogP contribution in [-0.4, -0.2) is 62.2 Å². The zero-order chi connectivity index (χ0) is 16.9. The molecule has 2 aromatic rings. The third kappa shape index (κ3) is 3.99. The first-order valence-electron chi connectivity index (χ1n) is 7.87. The van der Waals surface area contributed by atoms with Crippen LogP contribution in [0.3, 0.4) is 0 Å². The second-order valence-corrected chi connectivity index (χ2v) is 5.89. The lowest BCUT2D eigenvalue weighted by Crippen LogP contribution is -2.41. The van der Waals surface area contributed by atoms with E-state index in [-0.39, 0.29) is 38.0 Å². The highest BCUT2D eigenvalue weighted by atomic mass is 16.3. The second kappa shape index (κ2) is 7.27. The molecule has 1 saturated heterocycles. The molecule has 1 aliphatic rings. The number of benzene rings is 1. The van der Waals surface area contributed by atoms with Gasteiger partial charge in [-0.2, -0.15) is 5.10 Å². The van der Waals surface area contributed by atoms with E-state index in [9.17, 15) is 14.7 Å². The highest BCUT2D eigenvalue weighted by Gasteiger charge is 2.29. The van der Waals surface area contributed by atoms with Gasteiger partial charge in [-0.1, -0.05) is 30.3 Å². The fourth-order valence-electron chi connectivity index (χ4n) is 2.78. The lowest BCUT2D eigenvalue weighted by molar-refractivity contribution is -0.139. The van der Waals surface area contributed by atoms with E-state index >= 15 is 0 Å². The normalized spacial score (nSPS) is 18.5. The van der Waals surface area contributed by atoms with Crippen molar-refractivity contribution in [3.8, 4) is 0 Å². The van der Waals surface area contributed by atoms with Gasteiger partial charge in [0, 0.05) is 32.0 Å². The van der Waals surface area contributed by atoms with Crippen molar-refractivity contribution in [1.29, 1.82) is 0 Å². The molecule has 1 aromatic heterocycles. The van der Waals surface area contributed by atoms with Gasteiger partial charge in [0.05, 0.1) is 12.6 Å². The summed E-state index contributed by atoms with van der Waals surface area (Å²) in [5.74, 6) is -0.392. The summed E-state index contributed by atoms with van der Waals surface area (Å²) in [6, 6.07) is 11.3. The van der Waals surface area contributed by atoms with E-state index in [0.717, 1.165) is 5.56 Å². The number of aliphatic hydroxyl groups is 1. The third-order valence-corrected chi connectivity index (χ3v) is 3.97.